The van der Waals surface area contributed by atoms with E-state index in [4.69, 9.17) is 4.74 Å². The van der Waals surface area contributed by atoms with Gasteiger partial charge in [-0.3, -0.25) is 4.79 Å². The molecule has 0 fully saturated rings. The predicted molar refractivity (Wildman–Crippen MR) is 117 cm³/mol. The number of carbonyl (C=O) groups excluding carboxylic acids is 1. The van der Waals surface area contributed by atoms with Crippen molar-refractivity contribution in [2.75, 3.05) is 20.3 Å². The zero-order valence-electron chi connectivity index (χ0n) is 18.5. The van der Waals surface area contributed by atoms with E-state index in [0.29, 0.717) is 43.4 Å². The average molecular weight is 436 g/mol. The number of carbonyl (C=O) groups is 1. The number of amides is 1. The van der Waals surface area contributed by atoms with Gasteiger partial charge in [-0.25, -0.2) is 13.4 Å². The van der Waals surface area contributed by atoms with E-state index in [0.717, 1.165) is 0 Å². The number of sulfone groups is 1. The van der Waals surface area contributed by atoms with Crippen LogP contribution in [0.2, 0.25) is 0 Å². The molecule has 1 aromatic heterocycles. The molecule has 0 aliphatic carbocycles. The van der Waals surface area contributed by atoms with Crippen molar-refractivity contribution in [2.24, 2.45) is 11.8 Å². The molecule has 30 heavy (non-hydrogen) atoms. The first-order chi connectivity index (χ1) is 14.2. The Hall–Kier alpha value is -2.19. The van der Waals surface area contributed by atoms with Crippen LogP contribution in [0.1, 0.15) is 39.0 Å². The minimum Gasteiger partial charge on any atom is -0.383 e. The molecule has 1 heterocycles. The van der Waals surface area contributed by atoms with Gasteiger partial charge in [0.2, 0.25) is 20.9 Å². The summed E-state index contributed by atoms with van der Waals surface area (Å²) in [4.78, 5) is 18.7. The second kappa shape index (κ2) is 10.7. The lowest BCUT2D eigenvalue weighted by atomic mass is 10.1. The highest BCUT2D eigenvalue weighted by molar-refractivity contribution is 7.90. The van der Waals surface area contributed by atoms with Crippen molar-refractivity contribution >= 4 is 15.7 Å². The summed E-state index contributed by atoms with van der Waals surface area (Å²) in [5, 5.41) is 0.0138. The van der Waals surface area contributed by atoms with Crippen molar-refractivity contribution in [3.8, 4) is 0 Å². The normalized spacial score (nSPS) is 12.0. The topological polar surface area (TPSA) is 81.5 Å². The molecule has 2 rings (SSSR count). The van der Waals surface area contributed by atoms with Gasteiger partial charge in [0.1, 0.15) is 0 Å². The summed E-state index contributed by atoms with van der Waals surface area (Å²) in [7, 11) is -2.08. The summed E-state index contributed by atoms with van der Waals surface area (Å²) in [6, 6.07) is 9.05. The molecule has 1 aromatic carbocycles. The molecule has 7 nitrogen and oxygen atoms in total. The molecule has 0 N–H and O–H groups in total. The lowest BCUT2D eigenvalue weighted by molar-refractivity contribution is -0.135. The SMILES string of the molecule is COCCn1c(CN(CC(C)C)C(=O)C(C)C)cnc1S(=O)(=O)Cc1ccccc1. The fourth-order valence-electron chi connectivity index (χ4n) is 3.28. The number of methoxy groups -OCH3 is 1. The molecule has 0 bridgehead atoms. The van der Waals surface area contributed by atoms with Crippen molar-refractivity contribution in [1.82, 2.24) is 14.5 Å². The number of rotatable bonds is 11. The van der Waals surface area contributed by atoms with Crippen LogP contribution < -0.4 is 0 Å². The number of aromatic nitrogens is 2. The third kappa shape index (κ3) is 6.40. The van der Waals surface area contributed by atoms with Crippen LogP contribution in [0.3, 0.4) is 0 Å². The van der Waals surface area contributed by atoms with E-state index < -0.39 is 9.84 Å². The molecule has 1 amide bonds. The third-order valence-corrected chi connectivity index (χ3v) is 6.24. The van der Waals surface area contributed by atoms with Gasteiger partial charge in [-0.2, -0.15) is 0 Å². The fraction of sp³-hybridized carbons (Fsp3) is 0.545. The molecule has 0 saturated heterocycles. The average Bonchev–Trinajstić information content (AvgIpc) is 3.08. The number of ether oxygens (including phenoxy) is 1. The van der Waals surface area contributed by atoms with Crippen LogP contribution in [0.4, 0.5) is 0 Å². The molecule has 166 valence electrons. The minimum absolute atomic E-state index is 0.0138. The summed E-state index contributed by atoms with van der Waals surface area (Å²) in [6.45, 7) is 9.45. The van der Waals surface area contributed by atoms with Gasteiger partial charge in [0, 0.05) is 26.1 Å². The second-order valence-corrected chi connectivity index (χ2v) is 10.1. The quantitative estimate of drug-likeness (QED) is 0.542. The molecule has 2 aromatic rings. The Bertz CT molecular complexity index is 921. The number of benzene rings is 1. The van der Waals surface area contributed by atoms with E-state index in [9.17, 15) is 13.2 Å². The highest BCUT2D eigenvalue weighted by Gasteiger charge is 2.26. The molecular formula is C22H33N3O4S. The van der Waals surface area contributed by atoms with Crippen LogP contribution in [0.15, 0.2) is 41.7 Å². The van der Waals surface area contributed by atoms with Gasteiger partial charge in [-0.1, -0.05) is 58.0 Å². The minimum atomic E-state index is -3.66. The predicted octanol–water partition coefficient (Wildman–Crippen LogP) is 3.14. The number of hydrogen-bond acceptors (Lipinski definition) is 5. The zero-order valence-corrected chi connectivity index (χ0v) is 19.4. The molecule has 0 radical (unpaired) electrons. The number of hydrogen-bond donors (Lipinski definition) is 0. The summed E-state index contributed by atoms with van der Waals surface area (Å²) in [5.41, 5.74) is 1.39. The van der Waals surface area contributed by atoms with Crippen LogP contribution in [0.25, 0.3) is 0 Å². The van der Waals surface area contributed by atoms with Gasteiger partial charge in [-0.05, 0) is 11.5 Å². The Morgan fingerprint density at radius 2 is 1.83 bits per heavy atom. The Balaban J connectivity index is 2.38. The van der Waals surface area contributed by atoms with Crippen LogP contribution in [0.5, 0.6) is 0 Å². The smallest absolute Gasteiger partial charge is 0.228 e. The van der Waals surface area contributed by atoms with Crippen LogP contribution in [-0.2, 0) is 38.2 Å². The lowest BCUT2D eigenvalue weighted by Gasteiger charge is -2.27. The van der Waals surface area contributed by atoms with Crippen molar-refractivity contribution < 1.29 is 17.9 Å². The molecule has 0 spiro atoms. The Morgan fingerprint density at radius 3 is 2.40 bits per heavy atom. The third-order valence-electron chi connectivity index (χ3n) is 4.64. The van der Waals surface area contributed by atoms with Gasteiger partial charge in [-0.15, -0.1) is 0 Å². The first-order valence-electron chi connectivity index (χ1n) is 10.2. The molecule has 8 heteroatoms. The van der Waals surface area contributed by atoms with Gasteiger partial charge in [0.25, 0.3) is 0 Å². The molecule has 0 saturated carbocycles. The lowest BCUT2D eigenvalue weighted by Crippen LogP contribution is -2.37. The summed E-state index contributed by atoms with van der Waals surface area (Å²) < 4.78 is 33.1. The highest BCUT2D eigenvalue weighted by Crippen LogP contribution is 2.20. The Labute approximate surface area is 180 Å². The highest BCUT2D eigenvalue weighted by atomic mass is 32.2. The largest absolute Gasteiger partial charge is 0.383 e. The van der Waals surface area contributed by atoms with E-state index in [1.165, 1.54) is 0 Å². The zero-order chi connectivity index (χ0) is 22.3. The van der Waals surface area contributed by atoms with Gasteiger partial charge >= 0.3 is 0 Å². The molecular weight excluding hydrogens is 402 g/mol. The van der Waals surface area contributed by atoms with Crippen molar-refractivity contribution in [1.29, 1.82) is 0 Å². The molecule has 0 unspecified atom stereocenters. The maximum absolute atomic E-state index is 13.1. The summed E-state index contributed by atoms with van der Waals surface area (Å²) in [6.07, 6.45) is 1.56. The van der Waals surface area contributed by atoms with Crippen LogP contribution in [-0.4, -0.2) is 49.0 Å². The van der Waals surface area contributed by atoms with Crippen LogP contribution >= 0.6 is 0 Å². The Morgan fingerprint density at radius 1 is 1.17 bits per heavy atom. The fourth-order valence-corrected chi connectivity index (χ4v) is 4.80. The summed E-state index contributed by atoms with van der Waals surface area (Å²) >= 11 is 0. The molecule has 0 aliphatic heterocycles. The van der Waals surface area contributed by atoms with E-state index in [-0.39, 0.29) is 22.7 Å². The van der Waals surface area contributed by atoms with Crippen molar-refractivity contribution in [2.45, 2.75) is 51.7 Å². The summed E-state index contributed by atoms with van der Waals surface area (Å²) in [5.74, 6) is 0.0688. The number of nitrogens with zero attached hydrogens (tertiary/aromatic N) is 3. The van der Waals surface area contributed by atoms with Gasteiger partial charge in [0.15, 0.2) is 0 Å². The first kappa shape index (κ1) is 24.1. The van der Waals surface area contributed by atoms with Crippen LogP contribution in [0, 0.1) is 11.8 Å². The first-order valence-corrected chi connectivity index (χ1v) is 11.9. The van der Waals surface area contributed by atoms with E-state index in [1.807, 2.05) is 32.0 Å². The molecule has 0 atom stereocenters. The maximum Gasteiger partial charge on any atom is 0.228 e. The maximum atomic E-state index is 13.1. The van der Waals surface area contributed by atoms with Gasteiger partial charge < -0.3 is 14.2 Å². The van der Waals surface area contributed by atoms with E-state index >= 15 is 0 Å². The Kier molecular flexibility index (Phi) is 8.61. The van der Waals surface area contributed by atoms with Crippen molar-refractivity contribution in [3.63, 3.8) is 0 Å². The number of imidazole rings is 1. The monoisotopic (exact) mass is 435 g/mol. The van der Waals surface area contributed by atoms with E-state index in [2.05, 4.69) is 18.8 Å². The molecule has 0 aliphatic rings. The second-order valence-electron chi connectivity index (χ2n) is 8.19. The van der Waals surface area contributed by atoms with Gasteiger partial charge in [0.05, 0.1) is 30.8 Å². The standard InChI is InChI=1S/C22H33N3O4S/c1-17(2)14-24(21(26)18(3)4)15-20-13-23-22(25(20)11-12-29-5)30(27,28)16-19-9-7-6-8-10-19/h6-10,13,17-18H,11-12,14-16H2,1-5H3. The van der Waals surface area contributed by atoms with Crippen molar-refractivity contribution in [3.05, 3.63) is 47.8 Å². The van der Waals surface area contributed by atoms with E-state index in [1.54, 1.807) is 34.9 Å².